The molecule has 0 aromatic heterocycles. The largest absolute Gasteiger partial charge is 0.466 e. The Morgan fingerprint density at radius 2 is 1.93 bits per heavy atom. The summed E-state index contributed by atoms with van der Waals surface area (Å²) in [5, 5.41) is 12.5. The summed E-state index contributed by atoms with van der Waals surface area (Å²) in [5.41, 5.74) is 3.46. The van der Waals surface area contributed by atoms with Crippen LogP contribution in [0, 0.1) is 6.92 Å². The second-order valence-electron chi connectivity index (χ2n) is 7.34. The van der Waals surface area contributed by atoms with Crippen LogP contribution in [0.2, 0.25) is 0 Å². The molecule has 0 unspecified atom stereocenters. The number of esters is 1. The van der Waals surface area contributed by atoms with Crippen LogP contribution in [0.4, 0.5) is 11.4 Å². The molecule has 2 heterocycles. The molecule has 2 N–H and O–H groups in total. The third kappa shape index (κ3) is 4.30. The molecule has 0 saturated carbocycles. The number of amides is 1. The van der Waals surface area contributed by atoms with Gasteiger partial charge in [0.05, 0.1) is 37.2 Å². The number of benzene rings is 1. The zero-order chi connectivity index (χ0) is 20.1. The highest BCUT2D eigenvalue weighted by atomic mass is 16.5. The molecule has 0 atom stereocenters. The Labute approximate surface area is 166 Å². The predicted octanol–water partition coefficient (Wildman–Crippen LogP) is 2.05. The lowest BCUT2D eigenvalue weighted by Gasteiger charge is -2.26. The predicted molar refractivity (Wildman–Crippen MR) is 108 cm³/mol. The second-order valence-corrected chi connectivity index (χ2v) is 7.34. The van der Waals surface area contributed by atoms with Crippen molar-refractivity contribution in [1.82, 2.24) is 4.90 Å². The zero-order valence-corrected chi connectivity index (χ0v) is 16.7. The van der Waals surface area contributed by atoms with Crippen LogP contribution >= 0.6 is 0 Å². The van der Waals surface area contributed by atoms with Gasteiger partial charge < -0.3 is 25.0 Å². The van der Waals surface area contributed by atoms with Gasteiger partial charge in [0.25, 0.3) is 5.91 Å². The quantitative estimate of drug-likeness (QED) is 0.727. The van der Waals surface area contributed by atoms with Crippen molar-refractivity contribution in [2.75, 3.05) is 50.1 Å². The molecule has 1 aromatic carbocycles. The molecule has 0 bridgehead atoms. The summed E-state index contributed by atoms with van der Waals surface area (Å²) in [5.74, 6) is -0.821. The molecule has 2 aliphatic heterocycles. The van der Waals surface area contributed by atoms with Crippen molar-refractivity contribution in [2.24, 2.45) is 0 Å². The first-order valence-electron chi connectivity index (χ1n) is 9.89. The van der Waals surface area contributed by atoms with Crippen molar-refractivity contribution >= 4 is 23.3 Å². The smallest absolute Gasteiger partial charge is 0.337 e. The average Bonchev–Trinajstić information content (AvgIpc) is 2.87. The molecule has 1 saturated heterocycles. The van der Waals surface area contributed by atoms with Crippen LogP contribution < -0.4 is 10.2 Å². The van der Waals surface area contributed by atoms with Gasteiger partial charge in [-0.05, 0) is 37.5 Å². The molecule has 1 fully saturated rings. The number of aliphatic hydroxyl groups excluding tert-OH is 1. The summed E-state index contributed by atoms with van der Waals surface area (Å²) < 4.78 is 4.88. The Balaban J connectivity index is 1.95. The van der Waals surface area contributed by atoms with Crippen LogP contribution in [0.5, 0.6) is 0 Å². The van der Waals surface area contributed by atoms with Gasteiger partial charge in [-0.3, -0.25) is 4.79 Å². The van der Waals surface area contributed by atoms with E-state index in [1.54, 1.807) is 0 Å². The van der Waals surface area contributed by atoms with Crippen molar-refractivity contribution < 1.29 is 19.4 Å². The molecule has 2 aliphatic rings. The summed E-state index contributed by atoms with van der Waals surface area (Å²) in [6, 6.07) is 6.14. The molecule has 3 rings (SSSR count). The molecule has 152 valence electrons. The van der Waals surface area contributed by atoms with Crippen LogP contribution in [0.15, 0.2) is 29.5 Å². The van der Waals surface area contributed by atoms with Gasteiger partial charge in [0.1, 0.15) is 5.70 Å². The van der Waals surface area contributed by atoms with E-state index in [1.165, 1.54) is 24.9 Å². The molecular formula is C21H29N3O4. The van der Waals surface area contributed by atoms with E-state index in [9.17, 15) is 14.7 Å². The number of ether oxygens (including phenoxy) is 1. The molecule has 28 heavy (non-hydrogen) atoms. The van der Waals surface area contributed by atoms with E-state index in [2.05, 4.69) is 22.3 Å². The topological polar surface area (TPSA) is 82.1 Å². The Kier molecular flexibility index (Phi) is 6.57. The summed E-state index contributed by atoms with van der Waals surface area (Å²) >= 11 is 0. The lowest BCUT2D eigenvalue weighted by atomic mass is 10.1. The highest BCUT2D eigenvalue weighted by Gasteiger charge is 2.35. The van der Waals surface area contributed by atoms with Crippen LogP contribution in [0.3, 0.4) is 0 Å². The average molecular weight is 387 g/mol. The third-order valence-corrected chi connectivity index (χ3v) is 5.31. The number of β-amino-alcohol motifs (C(OH)–C–C–N with tert-alkyl or cyclic N) is 1. The van der Waals surface area contributed by atoms with Gasteiger partial charge in [-0.1, -0.05) is 18.9 Å². The molecule has 0 spiro atoms. The van der Waals surface area contributed by atoms with E-state index in [4.69, 9.17) is 4.74 Å². The molecular weight excluding hydrogens is 358 g/mol. The van der Waals surface area contributed by atoms with Crippen LogP contribution in [-0.4, -0.2) is 61.8 Å². The van der Waals surface area contributed by atoms with E-state index >= 15 is 0 Å². The van der Waals surface area contributed by atoms with Crippen LogP contribution in [0.25, 0.3) is 0 Å². The molecule has 7 heteroatoms. The zero-order valence-electron chi connectivity index (χ0n) is 16.7. The van der Waals surface area contributed by atoms with E-state index in [0.717, 1.165) is 42.9 Å². The fourth-order valence-corrected chi connectivity index (χ4v) is 3.82. The Hall–Kier alpha value is -2.54. The number of aryl methyl sites for hydroxylation is 1. The number of hydrogen-bond acceptors (Lipinski definition) is 6. The number of rotatable bonds is 6. The number of carbonyl (C=O) groups excluding carboxylic acids is 2. The Bertz CT molecular complexity index is 767. The third-order valence-electron chi connectivity index (χ3n) is 5.31. The molecule has 7 nitrogen and oxygen atoms in total. The van der Waals surface area contributed by atoms with Gasteiger partial charge in [-0.15, -0.1) is 0 Å². The minimum Gasteiger partial charge on any atom is -0.466 e. The fourth-order valence-electron chi connectivity index (χ4n) is 3.82. The van der Waals surface area contributed by atoms with E-state index in [1.807, 2.05) is 13.0 Å². The standard InChI is InChI=1S/C21H29N3O4/c1-15-7-8-18(23-9-5-3-4-6-10-23)17(13-15)22-19-16(21(27)28-2)14-24(11-12-25)20(19)26/h7-8,13,22,25H,3-6,9-12,14H2,1-2H3. The number of carbonyl (C=O) groups is 2. The minimum absolute atomic E-state index is 0.138. The van der Waals surface area contributed by atoms with Gasteiger partial charge >= 0.3 is 5.97 Å². The van der Waals surface area contributed by atoms with Crippen molar-refractivity contribution in [3.05, 3.63) is 35.0 Å². The van der Waals surface area contributed by atoms with Crippen molar-refractivity contribution in [3.8, 4) is 0 Å². The molecule has 0 aliphatic carbocycles. The van der Waals surface area contributed by atoms with Gasteiger partial charge in [-0.2, -0.15) is 0 Å². The van der Waals surface area contributed by atoms with E-state index < -0.39 is 5.97 Å². The van der Waals surface area contributed by atoms with E-state index in [0.29, 0.717) is 5.57 Å². The van der Waals surface area contributed by atoms with Crippen molar-refractivity contribution in [3.63, 3.8) is 0 Å². The minimum atomic E-state index is -0.528. The summed E-state index contributed by atoms with van der Waals surface area (Å²) in [4.78, 5) is 28.9. The first-order chi connectivity index (χ1) is 13.5. The summed E-state index contributed by atoms with van der Waals surface area (Å²) in [6.45, 7) is 4.12. The lowest BCUT2D eigenvalue weighted by Crippen LogP contribution is -2.31. The van der Waals surface area contributed by atoms with Gasteiger partial charge in [0.15, 0.2) is 0 Å². The number of aliphatic hydroxyl groups is 1. The van der Waals surface area contributed by atoms with E-state index in [-0.39, 0.29) is 31.3 Å². The Morgan fingerprint density at radius 1 is 1.21 bits per heavy atom. The van der Waals surface area contributed by atoms with Crippen molar-refractivity contribution in [1.29, 1.82) is 0 Å². The van der Waals surface area contributed by atoms with Crippen LogP contribution in [-0.2, 0) is 14.3 Å². The number of hydrogen-bond donors (Lipinski definition) is 2. The second kappa shape index (κ2) is 9.10. The molecule has 1 aromatic rings. The van der Waals surface area contributed by atoms with Crippen LogP contribution in [0.1, 0.15) is 31.2 Å². The SMILES string of the molecule is COC(=O)C1=C(Nc2cc(C)ccc2N2CCCCCC2)C(=O)N(CCO)C1. The van der Waals surface area contributed by atoms with Gasteiger partial charge in [0, 0.05) is 19.6 Å². The first kappa shape index (κ1) is 20.2. The maximum atomic E-state index is 12.8. The van der Waals surface area contributed by atoms with Gasteiger partial charge in [0.2, 0.25) is 0 Å². The summed E-state index contributed by atoms with van der Waals surface area (Å²) in [7, 11) is 1.31. The monoisotopic (exact) mass is 387 g/mol. The summed E-state index contributed by atoms with van der Waals surface area (Å²) in [6.07, 6.45) is 4.76. The first-order valence-corrected chi connectivity index (χ1v) is 9.89. The maximum Gasteiger partial charge on any atom is 0.337 e. The number of methoxy groups -OCH3 is 1. The number of nitrogens with one attached hydrogen (secondary N) is 1. The highest BCUT2D eigenvalue weighted by Crippen LogP contribution is 2.32. The number of anilines is 2. The van der Waals surface area contributed by atoms with Crippen molar-refractivity contribution in [2.45, 2.75) is 32.6 Å². The number of nitrogens with zero attached hydrogens (tertiary/aromatic N) is 2. The van der Waals surface area contributed by atoms with Gasteiger partial charge in [-0.25, -0.2) is 4.79 Å². The highest BCUT2D eigenvalue weighted by molar-refractivity contribution is 6.09. The molecule has 1 amide bonds. The maximum absolute atomic E-state index is 12.8. The fraction of sp³-hybridized carbons (Fsp3) is 0.524. The lowest BCUT2D eigenvalue weighted by molar-refractivity contribution is -0.136. The normalized spacial score (nSPS) is 17.8. The molecule has 0 radical (unpaired) electrons. The Morgan fingerprint density at radius 3 is 2.57 bits per heavy atom.